The molecule has 0 aliphatic carbocycles. The topological polar surface area (TPSA) is 71.4 Å². The van der Waals surface area contributed by atoms with Crippen molar-refractivity contribution in [2.45, 2.75) is 39.8 Å². The first-order valence-corrected chi connectivity index (χ1v) is 13.8. The van der Waals surface area contributed by atoms with E-state index in [4.69, 9.17) is 28.6 Å². The standard InChI is InChI=1S/C31H32ClN5O2S/c1-18-9-8-10-19(2)29(18)36-20(3)15-23(21(36)4)30-28(26-11-6-7-14-33-26)35-31(40)37(30)22-12-13-25(24(32)16-22)34-27(38)17-39-5/h6-16,28,30H,17H2,1-5H3,(H,34,38)(H,35,40)/t28-,30-/m1/s1. The third-order valence-corrected chi connectivity index (χ3v) is 7.96. The summed E-state index contributed by atoms with van der Waals surface area (Å²) in [6.45, 7) is 8.53. The first kappa shape index (κ1) is 27.8. The van der Waals surface area contributed by atoms with Crippen LogP contribution < -0.4 is 15.5 Å². The SMILES string of the molecule is COCC(=O)Nc1ccc(N2C(=S)N[C@H](c3ccccn3)[C@H]2c2cc(C)n(-c3c(C)cccc3C)c2C)cc1Cl. The number of ether oxygens (including phenoxy) is 1. The summed E-state index contributed by atoms with van der Waals surface area (Å²) >= 11 is 12.6. The minimum absolute atomic E-state index is 0.0536. The number of rotatable bonds is 7. The molecule has 7 nitrogen and oxygen atoms in total. The predicted molar refractivity (Wildman–Crippen MR) is 165 cm³/mol. The molecule has 0 radical (unpaired) electrons. The van der Waals surface area contributed by atoms with Crippen molar-refractivity contribution in [3.05, 3.63) is 106 Å². The summed E-state index contributed by atoms with van der Waals surface area (Å²) in [5, 5.41) is 7.30. The summed E-state index contributed by atoms with van der Waals surface area (Å²) < 4.78 is 7.25. The monoisotopic (exact) mass is 573 g/mol. The molecule has 4 aromatic rings. The van der Waals surface area contributed by atoms with Crippen LogP contribution in [0.1, 0.15) is 45.9 Å². The van der Waals surface area contributed by atoms with Crippen LogP contribution >= 0.6 is 23.8 Å². The fraction of sp³-hybridized carbons (Fsp3) is 0.258. The van der Waals surface area contributed by atoms with Gasteiger partial charge in [0, 0.05) is 30.4 Å². The van der Waals surface area contributed by atoms with Crippen molar-refractivity contribution in [2.75, 3.05) is 23.9 Å². The largest absolute Gasteiger partial charge is 0.375 e. The summed E-state index contributed by atoms with van der Waals surface area (Å²) in [6, 6.07) is 19.7. The van der Waals surface area contributed by atoms with E-state index < -0.39 is 0 Å². The average Bonchev–Trinajstić information content (AvgIpc) is 3.41. The molecule has 2 aromatic heterocycles. The Morgan fingerprint density at radius 3 is 2.48 bits per heavy atom. The zero-order valence-electron chi connectivity index (χ0n) is 23.2. The number of pyridine rings is 1. The minimum atomic E-state index is -0.275. The van der Waals surface area contributed by atoms with Gasteiger partial charge >= 0.3 is 0 Å². The van der Waals surface area contributed by atoms with Crippen molar-refractivity contribution in [1.82, 2.24) is 14.9 Å². The maximum absolute atomic E-state index is 12.1. The molecule has 2 atom stereocenters. The lowest BCUT2D eigenvalue weighted by molar-refractivity contribution is -0.119. The zero-order chi connectivity index (χ0) is 28.6. The Hall–Kier alpha value is -3.72. The van der Waals surface area contributed by atoms with E-state index in [2.05, 4.69) is 77.0 Å². The number of hydrogen-bond acceptors (Lipinski definition) is 4. The van der Waals surface area contributed by atoms with Crippen LogP contribution in [-0.4, -0.2) is 34.3 Å². The molecule has 0 bridgehead atoms. The van der Waals surface area contributed by atoms with Crippen LogP contribution in [0, 0.1) is 27.7 Å². The molecule has 2 aromatic carbocycles. The number of benzene rings is 2. The smallest absolute Gasteiger partial charge is 0.250 e. The molecule has 3 heterocycles. The lowest BCUT2D eigenvalue weighted by atomic mass is 9.96. The second kappa shape index (κ2) is 11.4. The number of amides is 1. The van der Waals surface area contributed by atoms with E-state index in [1.54, 1.807) is 12.3 Å². The van der Waals surface area contributed by atoms with E-state index in [9.17, 15) is 4.79 Å². The fourth-order valence-corrected chi connectivity index (χ4v) is 6.18. The van der Waals surface area contributed by atoms with Crippen LogP contribution in [0.4, 0.5) is 11.4 Å². The predicted octanol–water partition coefficient (Wildman–Crippen LogP) is 6.52. The van der Waals surface area contributed by atoms with Gasteiger partial charge in [-0.3, -0.25) is 9.78 Å². The molecule has 1 aliphatic rings. The van der Waals surface area contributed by atoms with E-state index in [1.165, 1.54) is 23.9 Å². The highest BCUT2D eigenvalue weighted by molar-refractivity contribution is 7.80. The first-order chi connectivity index (χ1) is 19.2. The lowest BCUT2D eigenvalue weighted by Gasteiger charge is -2.29. The minimum Gasteiger partial charge on any atom is -0.375 e. The van der Waals surface area contributed by atoms with E-state index in [0.29, 0.717) is 15.8 Å². The number of nitrogens with one attached hydrogen (secondary N) is 2. The van der Waals surface area contributed by atoms with Gasteiger partial charge in [-0.2, -0.15) is 0 Å². The number of hydrogen-bond donors (Lipinski definition) is 2. The third-order valence-electron chi connectivity index (χ3n) is 7.33. The van der Waals surface area contributed by atoms with Crippen LogP contribution in [0.15, 0.2) is 66.9 Å². The molecule has 0 spiro atoms. The summed E-state index contributed by atoms with van der Waals surface area (Å²) in [4.78, 5) is 18.9. The van der Waals surface area contributed by atoms with Crippen molar-refractivity contribution in [3.63, 3.8) is 0 Å². The molecule has 2 N–H and O–H groups in total. The maximum Gasteiger partial charge on any atom is 0.250 e. The number of thiocarbonyl (C=S) groups is 1. The number of nitrogens with zero attached hydrogens (tertiary/aromatic N) is 3. The van der Waals surface area contributed by atoms with Crippen LogP contribution in [0.3, 0.4) is 0 Å². The second-order valence-corrected chi connectivity index (χ2v) is 10.8. The van der Waals surface area contributed by atoms with Crippen molar-refractivity contribution in [3.8, 4) is 5.69 Å². The molecule has 5 rings (SSSR count). The second-order valence-electron chi connectivity index (χ2n) is 10.0. The molecule has 0 saturated carbocycles. The molecule has 1 fully saturated rings. The zero-order valence-corrected chi connectivity index (χ0v) is 24.7. The summed E-state index contributed by atoms with van der Waals surface area (Å²) in [7, 11) is 1.47. The normalized spacial score (nSPS) is 16.8. The number of aromatic nitrogens is 2. The highest BCUT2D eigenvalue weighted by atomic mass is 35.5. The number of carbonyl (C=O) groups excluding carboxylic acids is 1. The van der Waals surface area contributed by atoms with Crippen LogP contribution in [0.2, 0.25) is 5.02 Å². The van der Waals surface area contributed by atoms with Gasteiger partial charge in [-0.25, -0.2) is 0 Å². The van der Waals surface area contributed by atoms with Crippen LogP contribution in [0.5, 0.6) is 0 Å². The number of halogens is 1. The number of para-hydroxylation sites is 1. The van der Waals surface area contributed by atoms with Crippen LogP contribution in [0.25, 0.3) is 5.69 Å². The Balaban J connectivity index is 1.63. The van der Waals surface area contributed by atoms with Gasteiger partial charge in [0.2, 0.25) is 5.91 Å². The highest BCUT2D eigenvalue weighted by Crippen LogP contribution is 2.45. The van der Waals surface area contributed by atoms with Crippen molar-refractivity contribution < 1.29 is 9.53 Å². The molecular formula is C31H32ClN5O2S. The van der Waals surface area contributed by atoms with Crippen molar-refractivity contribution in [1.29, 1.82) is 0 Å². The van der Waals surface area contributed by atoms with Crippen molar-refractivity contribution in [2.24, 2.45) is 0 Å². The molecule has 40 heavy (non-hydrogen) atoms. The number of anilines is 2. The van der Waals surface area contributed by atoms with Gasteiger partial charge in [0.05, 0.1) is 34.2 Å². The Bertz CT molecular complexity index is 1570. The van der Waals surface area contributed by atoms with Gasteiger partial charge < -0.3 is 24.8 Å². The quantitative estimate of drug-likeness (QED) is 0.245. The van der Waals surface area contributed by atoms with E-state index in [1.807, 2.05) is 30.3 Å². The summed E-state index contributed by atoms with van der Waals surface area (Å²) in [6.07, 6.45) is 1.80. The highest BCUT2D eigenvalue weighted by Gasteiger charge is 2.42. The fourth-order valence-electron chi connectivity index (χ4n) is 5.61. The third kappa shape index (κ3) is 5.10. The Morgan fingerprint density at radius 1 is 1.07 bits per heavy atom. The van der Waals surface area contributed by atoms with Gasteiger partial charge in [0.1, 0.15) is 6.61 Å². The molecule has 1 amide bonds. The molecule has 9 heteroatoms. The van der Waals surface area contributed by atoms with Crippen molar-refractivity contribution >= 4 is 46.2 Å². The molecular weight excluding hydrogens is 542 g/mol. The summed E-state index contributed by atoms with van der Waals surface area (Å²) in [5.41, 5.74) is 9.24. The van der Waals surface area contributed by atoms with Crippen LogP contribution in [-0.2, 0) is 9.53 Å². The average molecular weight is 574 g/mol. The Labute approximate surface area is 245 Å². The lowest BCUT2D eigenvalue weighted by Crippen LogP contribution is -2.29. The van der Waals surface area contributed by atoms with E-state index >= 15 is 0 Å². The molecule has 0 unspecified atom stereocenters. The Morgan fingerprint density at radius 2 is 1.82 bits per heavy atom. The van der Waals surface area contributed by atoms with Gasteiger partial charge in [-0.1, -0.05) is 35.9 Å². The summed E-state index contributed by atoms with van der Waals surface area (Å²) in [5.74, 6) is -0.275. The molecule has 1 saturated heterocycles. The van der Waals surface area contributed by atoms with Gasteiger partial charge in [0.25, 0.3) is 0 Å². The van der Waals surface area contributed by atoms with Gasteiger partial charge in [0.15, 0.2) is 5.11 Å². The van der Waals surface area contributed by atoms with E-state index in [-0.39, 0.29) is 24.6 Å². The molecule has 1 aliphatic heterocycles. The number of methoxy groups -OCH3 is 1. The van der Waals surface area contributed by atoms with Gasteiger partial charge in [-0.05, 0) is 93.0 Å². The number of aryl methyl sites for hydroxylation is 3. The molecule has 206 valence electrons. The number of carbonyl (C=O) groups is 1. The van der Waals surface area contributed by atoms with E-state index in [0.717, 1.165) is 28.3 Å². The van der Waals surface area contributed by atoms with Gasteiger partial charge in [-0.15, -0.1) is 0 Å². The first-order valence-electron chi connectivity index (χ1n) is 13.1. The maximum atomic E-state index is 12.1. The Kier molecular flexibility index (Phi) is 7.94.